The number of para-hydroxylation sites is 1. The van der Waals surface area contributed by atoms with Crippen LogP contribution in [0.1, 0.15) is 50.8 Å². The van der Waals surface area contributed by atoms with Crippen molar-refractivity contribution >= 4 is 6.03 Å². The molecular weight excluding hydrogens is 447 g/mol. The number of hydrogen-bond acceptors (Lipinski definition) is 4. The number of carbonyl (C=O) groups is 1. The fourth-order valence-electron chi connectivity index (χ4n) is 4.26. The summed E-state index contributed by atoms with van der Waals surface area (Å²) >= 11 is 0. The fraction of sp³-hybridized carbons (Fsp3) is 0.407. The van der Waals surface area contributed by atoms with Gasteiger partial charge in [-0.05, 0) is 49.9 Å². The fourth-order valence-corrected chi connectivity index (χ4v) is 4.26. The number of benzene rings is 2. The number of halogens is 1. The molecule has 1 aromatic heterocycles. The molecule has 1 aliphatic rings. The molecule has 8 heteroatoms. The quantitative estimate of drug-likeness (QED) is 0.431. The van der Waals surface area contributed by atoms with Crippen molar-refractivity contribution in [2.75, 3.05) is 19.7 Å². The predicted octanol–water partition coefficient (Wildman–Crippen LogP) is 5.64. The number of rotatable bonds is 9. The number of aromatic nitrogens is 2. The van der Waals surface area contributed by atoms with E-state index in [1.807, 2.05) is 37.3 Å². The Labute approximate surface area is 205 Å². The minimum Gasteiger partial charge on any atom is -0.438 e. The van der Waals surface area contributed by atoms with Gasteiger partial charge in [0.05, 0.1) is 29.6 Å². The van der Waals surface area contributed by atoms with Crippen LogP contribution >= 0.6 is 0 Å². The largest absolute Gasteiger partial charge is 0.438 e. The highest BCUT2D eigenvalue weighted by atomic mass is 19.1. The zero-order valence-electron chi connectivity index (χ0n) is 20.5. The van der Waals surface area contributed by atoms with E-state index in [4.69, 9.17) is 14.6 Å². The third-order valence-electron chi connectivity index (χ3n) is 5.94. The number of ether oxygens (including phenoxy) is 2. The van der Waals surface area contributed by atoms with Crippen molar-refractivity contribution in [3.63, 3.8) is 0 Å². The molecule has 1 saturated heterocycles. The lowest BCUT2D eigenvalue weighted by atomic mass is 10.1. The zero-order chi connectivity index (χ0) is 24.8. The molecule has 1 unspecified atom stereocenters. The topological polar surface area (TPSA) is 68.6 Å². The van der Waals surface area contributed by atoms with Crippen LogP contribution in [0.3, 0.4) is 0 Å². The second-order valence-electron chi connectivity index (χ2n) is 8.98. The lowest BCUT2D eigenvalue weighted by Crippen LogP contribution is -2.43. The van der Waals surface area contributed by atoms with Gasteiger partial charge in [-0.2, -0.15) is 5.10 Å². The number of nitrogens with zero attached hydrogens (tertiary/aromatic N) is 3. The Morgan fingerprint density at radius 3 is 2.71 bits per heavy atom. The van der Waals surface area contributed by atoms with E-state index in [0.29, 0.717) is 31.3 Å². The highest BCUT2D eigenvalue weighted by molar-refractivity contribution is 5.74. The Hall–Kier alpha value is -3.39. The molecule has 0 saturated carbocycles. The standard InChI is InChI=1S/C27H33FN4O3/c1-4-29-27(33)31(17-23-14-9-15-34-23)18-24-25(19(2)3)30-32(21-11-6-5-7-12-21)26(24)35-22-13-8-10-20(28)16-22/h5-8,10-13,16,19,23H,4,9,14-15,17-18H2,1-3H3,(H,29,33). The van der Waals surface area contributed by atoms with Crippen molar-refractivity contribution in [1.82, 2.24) is 20.0 Å². The minimum atomic E-state index is -0.388. The first-order valence-corrected chi connectivity index (χ1v) is 12.2. The summed E-state index contributed by atoms with van der Waals surface area (Å²) in [5, 5.41) is 7.81. The molecule has 186 valence electrons. The van der Waals surface area contributed by atoms with Gasteiger partial charge in [-0.25, -0.2) is 13.9 Å². The van der Waals surface area contributed by atoms with E-state index in [1.165, 1.54) is 12.1 Å². The molecule has 35 heavy (non-hydrogen) atoms. The first-order chi connectivity index (χ1) is 17.0. The summed E-state index contributed by atoms with van der Waals surface area (Å²) in [5.74, 6) is 0.513. The van der Waals surface area contributed by atoms with Gasteiger partial charge in [0, 0.05) is 25.8 Å². The third-order valence-corrected chi connectivity index (χ3v) is 5.94. The SMILES string of the molecule is CCNC(=O)N(Cc1c(C(C)C)nn(-c2ccccc2)c1Oc1cccc(F)c1)CC1CCCO1. The number of amides is 2. The van der Waals surface area contributed by atoms with Crippen molar-refractivity contribution in [3.8, 4) is 17.3 Å². The van der Waals surface area contributed by atoms with Crippen LogP contribution in [0, 0.1) is 5.82 Å². The van der Waals surface area contributed by atoms with Crippen LogP contribution in [-0.2, 0) is 11.3 Å². The molecule has 4 rings (SSSR count). The Balaban J connectivity index is 1.79. The van der Waals surface area contributed by atoms with E-state index in [-0.39, 0.29) is 30.4 Å². The van der Waals surface area contributed by atoms with Gasteiger partial charge in [-0.15, -0.1) is 0 Å². The monoisotopic (exact) mass is 480 g/mol. The van der Waals surface area contributed by atoms with Gasteiger partial charge in [-0.1, -0.05) is 38.1 Å². The van der Waals surface area contributed by atoms with Gasteiger partial charge >= 0.3 is 6.03 Å². The minimum absolute atomic E-state index is 0.00291. The van der Waals surface area contributed by atoms with E-state index >= 15 is 0 Å². The third kappa shape index (κ3) is 6.00. The molecule has 0 radical (unpaired) electrons. The van der Waals surface area contributed by atoms with E-state index in [1.54, 1.807) is 21.7 Å². The Morgan fingerprint density at radius 2 is 2.06 bits per heavy atom. The number of hydrogen-bond donors (Lipinski definition) is 1. The van der Waals surface area contributed by atoms with Crippen molar-refractivity contribution in [1.29, 1.82) is 0 Å². The van der Waals surface area contributed by atoms with Crippen LogP contribution in [-0.4, -0.2) is 46.5 Å². The van der Waals surface area contributed by atoms with Gasteiger partial charge in [0.25, 0.3) is 0 Å². The number of carbonyl (C=O) groups excluding carboxylic acids is 1. The van der Waals surface area contributed by atoms with Crippen molar-refractivity contribution in [3.05, 3.63) is 71.7 Å². The van der Waals surface area contributed by atoms with Crippen LogP contribution < -0.4 is 10.1 Å². The summed E-state index contributed by atoms with van der Waals surface area (Å²) in [4.78, 5) is 14.8. The van der Waals surface area contributed by atoms with Crippen LogP contribution in [0.15, 0.2) is 54.6 Å². The highest BCUT2D eigenvalue weighted by Gasteiger charge is 2.29. The molecule has 2 aromatic carbocycles. The Kier molecular flexibility index (Phi) is 8.02. The van der Waals surface area contributed by atoms with Gasteiger partial charge in [0.2, 0.25) is 5.88 Å². The summed E-state index contributed by atoms with van der Waals surface area (Å²) < 4.78 is 27.8. The average Bonchev–Trinajstić information content (AvgIpc) is 3.48. The molecule has 0 bridgehead atoms. The van der Waals surface area contributed by atoms with E-state index in [0.717, 1.165) is 29.8 Å². The van der Waals surface area contributed by atoms with Crippen LogP contribution in [0.25, 0.3) is 5.69 Å². The van der Waals surface area contributed by atoms with Gasteiger partial charge in [0.15, 0.2) is 0 Å². The normalized spacial score (nSPS) is 15.4. The summed E-state index contributed by atoms with van der Waals surface area (Å²) in [6, 6.07) is 15.5. The molecule has 3 aromatic rings. The van der Waals surface area contributed by atoms with Crippen molar-refractivity contribution in [2.45, 2.75) is 52.2 Å². The first kappa shape index (κ1) is 24.7. The molecule has 2 heterocycles. The Bertz CT molecular complexity index is 1130. The maximum Gasteiger partial charge on any atom is 0.317 e. The lowest BCUT2D eigenvalue weighted by molar-refractivity contribution is 0.0793. The van der Waals surface area contributed by atoms with Crippen molar-refractivity contribution < 1.29 is 18.7 Å². The smallest absolute Gasteiger partial charge is 0.317 e. The lowest BCUT2D eigenvalue weighted by Gasteiger charge is -2.26. The maximum absolute atomic E-state index is 14.0. The molecule has 1 aliphatic heterocycles. The first-order valence-electron chi connectivity index (χ1n) is 12.2. The zero-order valence-corrected chi connectivity index (χ0v) is 20.5. The summed E-state index contributed by atoms with van der Waals surface area (Å²) in [7, 11) is 0. The molecule has 1 N–H and O–H groups in total. The average molecular weight is 481 g/mol. The summed E-state index contributed by atoms with van der Waals surface area (Å²) in [5.41, 5.74) is 2.43. The summed E-state index contributed by atoms with van der Waals surface area (Å²) in [6.07, 6.45) is 1.91. The van der Waals surface area contributed by atoms with Gasteiger partial charge < -0.3 is 19.7 Å². The predicted molar refractivity (Wildman–Crippen MR) is 133 cm³/mol. The van der Waals surface area contributed by atoms with Crippen LogP contribution in [0.4, 0.5) is 9.18 Å². The maximum atomic E-state index is 14.0. The van der Waals surface area contributed by atoms with Crippen LogP contribution in [0.2, 0.25) is 0 Å². The van der Waals surface area contributed by atoms with E-state index < -0.39 is 0 Å². The number of nitrogens with one attached hydrogen (secondary N) is 1. The second-order valence-corrected chi connectivity index (χ2v) is 8.98. The van der Waals surface area contributed by atoms with E-state index in [2.05, 4.69) is 19.2 Å². The van der Waals surface area contributed by atoms with E-state index in [9.17, 15) is 9.18 Å². The molecule has 1 atom stereocenters. The Morgan fingerprint density at radius 1 is 1.26 bits per heavy atom. The molecular formula is C27H33FN4O3. The molecule has 0 spiro atoms. The second kappa shape index (κ2) is 11.4. The van der Waals surface area contributed by atoms with Crippen LogP contribution in [0.5, 0.6) is 11.6 Å². The highest BCUT2D eigenvalue weighted by Crippen LogP contribution is 2.35. The molecule has 1 fully saturated rings. The summed E-state index contributed by atoms with van der Waals surface area (Å²) in [6.45, 7) is 8.01. The van der Waals surface area contributed by atoms with Gasteiger partial charge in [-0.3, -0.25) is 0 Å². The van der Waals surface area contributed by atoms with Crippen molar-refractivity contribution in [2.24, 2.45) is 0 Å². The molecule has 0 aliphatic carbocycles. The molecule has 2 amide bonds. The van der Waals surface area contributed by atoms with Gasteiger partial charge in [0.1, 0.15) is 11.6 Å². The number of urea groups is 1. The molecule has 7 nitrogen and oxygen atoms in total.